The lowest BCUT2D eigenvalue weighted by molar-refractivity contribution is -0.139. The summed E-state index contributed by atoms with van der Waals surface area (Å²) in [7, 11) is 0. The number of aromatic hydroxyl groups is 2. The Morgan fingerprint density at radius 2 is 1.46 bits per heavy atom. The Kier molecular flexibility index (Phi) is 9.97. The molecule has 1 atom stereocenters. The molecule has 4 nitrogen and oxygen atoms in total. The standard InChI is InChI=1S/C20H32O4/c1-2-3-4-5-6-7-8-9-10-11-13-17(20(23)24)16-14-12-15-18(21)19(16)22/h12,14-15,17,21-22H,2-11,13H2,1H3,(H,23,24). The molecule has 1 aromatic carbocycles. The van der Waals surface area contributed by atoms with Crippen LogP contribution in [-0.2, 0) is 4.79 Å². The molecule has 0 saturated heterocycles. The highest BCUT2D eigenvalue weighted by Gasteiger charge is 2.23. The number of carboxylic acid groups (broad SMARTS) is 1. The first-order valence-electron chi connectivity index (χ1n) is 9.31. The zero-order valence-corrected chi connectivity index (χ0v) is 14.8. The van der Waals surface area contributed by atoms with Gasteiger partial charge in [-0.15, -0.1) is 0 Å². The Morgan fingerprint density at radius 3 is 2.00 bits per heavy atom. The monoisotopic (exact) mass is 336 g/mol. The van der Waals surface area contributed by atoms with Gasteiger partial charge in [-0.2, -0.15) is 0 Å². The van der Waals surface area contributed by atoms with Crippen LogP contribution in [0.1, 0.15) is 89.0 Å². The van der Waals surface area contributed by atoms with E-state index in [1.54, 1.807) is 12.1 Å². The third-order valence-electron chi connectivity index (χ3n) is 4.57. The van der Waals surface area contributed by atoms with E-state index in [2.05, 4.69) is 6.92 Å². The fourth-order valence-electron chi connectivity index (χ4n) is 3.08. The Bertz CT molecular complexity index is 485. The van der Waals surface area contributed by atoms with E-state index in [9.17, 15) is 20.1 Å². The van der Waals surface area contributed by atoms with Crippen molar-refractivity contribution in [3.05, 3.63) is 23.8 Å². The molecule has 0 saturated carbocycles. The topological polar surface area (TPSA) is 77.8 Å². The van der Waals surface area contributed by atoms with Crippen LogP contribution in [-0.4, -0.2) is 21.3 Å². The minimum atomic E-state index is -0.952. The number of aliphatic carboxylic acids is 1. The molecule has 0 fully saturated rings. The third kappa shape index (κ3) is 7.24. The highest BCUT2D eigenvalue weighted by molar-refractivity contribution is 5.77. The van der Waals surface area contributed by atoms with Crippen LogP contribution in [0.4, 0.5) is 0 Å². The van der Waals surface area contributed by atoms with Gasteiger partial charge in [0.1, 0.15) is 0 Å². The third-order valence-corrected chi connectivity index (χ3v) is 4.57. The van der Waals surface area contributed by atoms with Gasteiger partial charge >= 0.3 is 5.97 Å². The molecule has 24 heavy (non-hydrogen) atoms. The average molecular weight is 336 g/mol. The summed E-state index contributed by atoms with van der Waals surface area (Å²) in [4.78, 5) is 11.5. The normalized spacial score (nSPS) is 12.2. The molecule has 4 heteroatoms. The highest BCUT2D eigenvalue weighted by atomic mass is 16.4. The number of unbranched alkanes of at least 4 members (excludes halogenated alkanes) is 9. The molecular weight excluding hydrogens is 304 g/mol. The summed E-state index contributed by atoms with van der Waals surface area (Å²) in [5.74, 6) is -2.28. The Morgan fingerprint density at radius 1 is 0.917 bits per heavy atom. The van der Waals surface area contributed by atoms with Crippen molar-refractivity contribution in [3.63, 3.8) is 0 Å². The molecule has 1 unspecified atom stereocenters. The fraction of sp³-hybridized carbons (Fsp3) is 0.650. The van der Waals surface area contributed by atoms with Crippen LogP contribution in [0, 0.1) is 0 Å². The van der Waals surface area contributed by atoms with Gasteiger partial charge in [0.05, 0.1) is 5.92 Å². The zero-order chi connectivity index (χ0) is 17.8. The van der Waals surface area contributed by atoms with E-state index in [4.69, 9.17) is 0 Å². The summed E-state index contributed by atoms with van der Waals surface area (Å²) in [5.41, 5.74) is 0.304. The van der Waals surface area contributed by atoms with Crippen molar-refractivity contribution in [2.45, 2.75) is 83.5 Å². The lowest BCUT2D eigenvalue weighted by Gasteiger charge is -2.14. The SMILES string of the molecule is CCCCCCCCCCCCC(C(=O)O)c1cccc(O)c1O. The van der Waals surface area contributed by atoms with Gasteiger partial charge in [0.25, 0.3) is 0 Å². The molecule has 0 spiro atoms. The number of rotatable bonds is 13. The number of phenolic OH excluding ortho intramolecular Hbond substituents is 2. The van der Waals surface area contributed by atoms with Crippen LogP contribution >= 0.6 is 0 Å². The lowest BCUT2D eigenvalue weighted by atomic mass is 9.92. The molecule has 0 aliphatic carbocycles. The predicted octanol–water partition coefficient (Wildman–Crippen LogP) is 5.58. The molecule has 1 rings (SSSR count). The number of phenols is 2. The van der Waals surface area contributed by atoms with E-state index in [0.29, 0.717) is 12.0 Å². The van der Waals surface area contributed by atoms with Crippen molar-refractivity contribution in [2.75, 3.05) is 0 Å². The summed E-state index contributed by atoms with van der Waals surface area (Å²) >= 11 is 0. The van der Waals surface area contributed by atoms with Crippen LogP contribution in [0.3, 0.4) is 0 Å². The van der Waals surface area contributed by atoms with Crippen LogP contribution in [0.25, 0.3) is 0 Å². The van der Waals surface area contributed by atoms with E-state index < -0.39 is 11.9 Å². The minimum Gasteiger partial charge on any atom is -0.504 e. The molecule has 0 heterocycles. The van der Waals surface area contributed by atoms with Gasteiger partial charge < -0.3 is 15.3 Å². The molecule has 1 aromatic rings. The molecule has 0 aliphatic rings. The Labute approximate surface area is 145 Å². The van der Waals surface area contributed by atoms with E-state index in [1.165, 1.54) is 51.0 Å². The van der Waals surface area contributed by atoms with Gasteiger partial charge in [-0.1, -0.05) is 83.3 Å². The van der Waals surface area contributed by atoms with Gasteiger partial charge in [0.2, 0.25) is 0 Å². The van der Waals surface area contributed by atoms with E-state index in [-0.39, 0.29) is 11.5 Å². The molecule has 0 aliphatic heterocycles. The summed E-state index contributed by atoms with van der Waals surface area (Å²) in [6, 6.07) is 4.50. The van der Waals surface area contributed by atoms with Gasteiger partial charge in [-0.25, -0.2) is 0 Å². The first-order valence-corrected chi connectivity index (χ1v) is 9.31. The number of hydrogen-bond donors (Lipinski definition) is 3. The second-order valence-electron chi connectivity index (χ2n) is 6.58. The molecule has 3 N–H and O–H groups in total. The second-order valence-corrected chi connectivity index (χ2v) is 6.58. The molecule has 0 aromatic heterocycles. The first kappa shape index (κ1) is 20.3. The first-order chi connectivity index (χ1) is 11.6. The van der Waals surface area contributed by atoms with Crippen LogP contribution in [0.5, 0.6) is 11.5 Å². The molecule has 136 valence electrons. The number of hydrogen-bond acceptors (Lipinski definition) is 3. The molecular formula is C20H32O4. The van der Waals surface area contributed by atoms with Gasteiger partial charge in [0.15, 0.2) is 11.5 Å². The fourth-order valence-corrected chi connectivity index (χ4v) is 3.08. The lowest BCUT2D eigenvalue weighted by Crippen LogP contribution is -2.11. The largest absolute Gasteiger partial charge is 0.504 e. The number of benzene rings is 1. The van der Waals surface area contributed by atoms with Gasteiger partial charge in [-0.3, -0.25) is 4.79 Å². The van der Waals surface area contributed by atoms with Crippen molar-refractivity contribution < 1.29 is 20.1 Å². The summed E-state index contributed by atoms with van der Waals surface area (Å²) in [6.07, 6.45) is 12.5. The predicted molar refractivity (Wildman–Crippen MR) is 96.6 cm³/mol. The Balaban J connectivity index is 2.26. The highest BCUT2D eigenvalue weighted by Crippen LogP contribution is 2.36. The van der Waals surface area contributed by atoms with Crippen molar-refractivity contribution >= 4 is 5.97 Å². The van der Waals surface area contributed by atoms with Crippen molar-refractivity contribution in [3.8, 4) is 11.5 Å². The average Bonchev–Trinajstić information content (AvgIpc) is 2.55. The zero-order valence-electron chi connectivity index (χ0n) is 14.8. The summed E-state index contributed by atoms with van der Waals surface area (Å²) in [5, 5.41) is 28.8. The number of carbonyl (C=O) groups is 1. The van der Waals surface area contributed by atoms with E-state index in [0.717, 1.165) is 19.3 Å². The summed E-state index contributed by atoms with van der Waals surface area (Å²) < 4.78 is 0. The van der Waals surface area contributed by atoms with Crippen molar-refractivity contribution in [2.24, 2.45) is 0 Å². The smallest absolute Gasteiger partial charge is 0.311 e. The molecule has 0 amide bonds. The van der Waals surface area contributed by atoms with Gasteiger partial charge in [0, 0.05) is 5.56 Å². The van der Waals surface area contributed by atoms with E-state index in [1.807, 2.05) is 0 Å². The number of para-hydroxylation sites is 1. The second kappa shape index (κ2) is 11.8. The minimum absolute atomic E-state index is 0.262. The van der Waals surface area contributed by atoms with Crippen LogP contribution < -0.4 is 0 Å². The maximum atomic E-state index is 11.5. The summed E-state index contributed by atoms with van der Waals surface area (Å²) in [6.45, 7) is 2.22. The molecule has 0 radical (unpaired) electrons. The maximum absolute atomic E-state index is 11.5. The van der Waals surface area contributed by atoms with Crippen LogP contribution in [0.2, 0.25) is 0 Å². The van der Waals surface area contributed by atoms with E-state index >= 15 is 0 Å². The quantitative estimate of drug-likeness (QED) is 0.325. The van der Waals surface area contributed by atoms with Crippen molar-refractivity contribution in [1.29, 1.82) is 0 Å². The number of carboxylic acids is 1. The maximum Gasteiger partial charge on any atom is 0.311 e. The van der Waals surface area contributed by atoms with Crippen molar-refractivity contribution in [1.82, 2.24) is 0 Å². The van der Waals surface area contributed by atoms with Crippen LogP contribution in [0.15, 0.2) is 18.2 Å². The molecule has 0 bridgehead atoms. The van der Waals surface area contributed by atoms with Gasteiger partial charge in [-0.05, 0) is 12.5 Å². The Hall–Kier alpha value is -1.71.